The van der Waals surface area contributed by atoms with Crippen molar-refractivity contribution in [3.63, 3.8) is 0 Å². The Labute approximate surface area is 142 Å². The normalized spacial score (nSPS) is 19.3. The van der Waals surface area contributed by atoms with Gasteiger partial charge in [-0.25, -0.2) is 0 Å². The Balaban J connectivity index is 1.83. The minimum absolute atomic E-state index is 0.532. The number of nitrogens with zero attached hydrogens (tertiary/aromatic N) is 1. The summed E-state index contributed by atoms with van der Waals surface area (Å²) in [4.78, 5) is 4.10. The van der Waals surface area contributed by atoms with Crippen LogP contribution in [-0.2, 0) is 6.54 Å². The first-order chi connectivity index (χ1) is 11.3. The lowest BCUT2D eigenvalue weighted by Gasteiger charge is -2.30. The lowest BCUT2D eigenvalue weighted by Crippen LogP contribution is -2.27. The van der Waals surface area contributed by atoms with E-state index >= 15 is 0 Å². The maximum Gasteiger partial charge on any atom is 0.127 e. The van der Waals surface area contributed by atoms with Crippen molar-refractivity contribution < 1.29 is 9.47 Å². The first kappa shape index (κ1) is 16.3. The molecule has 2 aromatic rings. The van der Waals surface area contributed by atoms with Gasteiger partial charge < -0.3 is 9.47 Å². The Hall–Kier alpha value is -1.52. The van der Waals surface area contributed by atoms with Crippen LogP contribution in [0.2, 0.25) is 0 Å². The lowest BCUT2D eigenvalue weighted by molar-refractivity contribution is 0.193. The summed E-state index contributed by atoms with van der Waals surface area (Å²) < 4.78 is 10.9. The first-order valence-corrected chi connectivity index (χ1v) is 9.18. The maximum atomic E-state index is 5.58. The van der Waals surface area contributed by atoms with Gasteiger partial charge in [0.25, 0.3) is 0 Å². The van der Waals surface area contributed by atoms with Crippen molar-refractivity contribution in [2.75, 3.05) is 20.8 Å². The molecular weight excluding hydrogens is 306 g/mol. The van der Waals surface area contributed by atoms with Gasteiger partial charge in [0.05, 0.1) is 14.2 Å². The molecule has 1 aromatic heterocycles. The van der Waals surface area contributed by atoms with E-state index in [1.165, 1.54) is 36.1 Å². The third-order valence-corrected chi connectivity index (χ3v) is 5.58. The number of rotatable bonds is 5. The molecule has 0 bridgehead atoms. The van der Waals surface area contributed by atoms with Gasteiger partial charge in [0.2, 0.25) is 0 Å². The van der Waals surface area contributed by atoms with Crippen molar-refractivity contribution in [1.29, 1.82) is 0 Å². The molecule has 4 heteroatoms. The highest BCUT2D eigenvalue weighted by Crippen LogP contribution is 2.35. The highest BCUT2D eigenvalue weighted by Gasteiger charge is 2.24. The van der Waals surface area contributed by atoms with E-state index in [1.807, 2.05) is 23.5 Å². The lowest BCUT2D eigenvalue weighted by atomic mass is 10.1. The molecule has 0 N–H and O–H groups in total. The van der Waals surface area contributed by atoms with Crippen molar-refractivity contribution in [3.05, 3.63) is 46.2 Å². The summed E-state index contributed by atoms with van der Waals surface area (Å²) in [6, 6.07) is 11.1. The smallest absolute Gasteiger partial charge is 0.127 e. The second-order valence-corrected chi connectivity index (χ2v) is 7.01. The van der Waals surface area contributed by atoms with Crippen LogP contribution in [0.4, 0.5) is 0 Å². The summed E-state index contributed by atoms with van der Waals surface area (Å²) in [5, 5.41) is 2.19. The van der Waals surface area contributed by atoms with E-state index in [4.69, 9.17) is 9.47 Å². The average Bonchev–Trinajstić information content (AvgIpc) is 3.02. The van der Waals surface area contributed by atoms with E-state index in [0.29, 0.717) is 6.04 Å². The number of thiophene rings is 1. The minimum Gasteiger partial charge on any atom is -0.497 e. The number of likely N-dealkylation sites (tertiary alicyclic amines) is 1. The molecule has 0 spiro atoms. The van der Waals surface area contributed by atoms with E-state index in [0.717, 1.165) is 24.6 Å². The number of ether oxygens (including phenoxy) is 2. The molecule has 0 aliphatic carbocycles. The Bertz CT molecular complexity index is 612. The third-order valence-electron chi connectivity index (χ3n) is 4.60. The molecule has 1 unspecified atom stereocenters. The molecule has 0 saturated carbocycles. The Kier molecular flexibility index (Phi) is 5.57. The summed E-state index contributed by atoms with van der Waals surface area (Å²) in [6.45, 7) is 2.08. The van der Waals surface area contributed by atoms with Crippen LogP contribution in [0.25, 0.3) is 0 Å². The maximum absolute atomic E-state index is 5.58. The fourth-order valence-corrected chi connectivity index (χ4v) is 4.26. The van der Waals surface area contributed by atoms with Crippen molar-refractivity contribution in [2.24, 2.45) is 0 Å². The summed E-state index contributed by atoms with van der Waals surface area (Å²) in [6.07, 6.45) is 5.18. The SMILES string of the molecule is COc1ccc(CN2CCCCCC2c2cccs2)c(OC)c1. The molecule has 0 amide bonds. The molecule has 3 rings (SSSR count). The van der Waals surface area contributed by atoms with Crippen LogP contribution >= 0.6 is 11.3 Å². The fraction of sp³-hybridized carbons (Fsp3) is 0.474. The minimum atomic E-state index is 0.532. The molecular formula is C19H25NO2S. The molecule has 1 atom stereocenters. The Morgan fingerprint density at radius 2 is 2.04 bits per heavy atom. The van der Waals surface area contributed by atoms with E-state index in [-0.39, 0.29) is 0 Å². The quantitative estimate of drug-likeness (QED) is 0.779. The van der Waals surface area contributed by atoms with Crippen molar-refractivity contribution in [2.45, 2.75) is 38.3 Å². The molecule has 1 aliphatic heterocycles. The van der Waals surface area contributed by atoms with Gasteiger partial charge in [-0.3, -0.25) is 4.90 Å². The van der Waals surface area contributed by atoms with Gasteiger partial charge >= 0.3 is 0 Å². The van der Waals surface area contributed by atoms with Crippen molar-refractivity contribution >= 4 is 11.3 Å². The highest BCUT2D eigenvalue weighted by atomic mass is 32.1. The first-order valence-electron chi connectivity index (χ1n) is 8.30. The summed E-state index contributed by atoms with van der Waals surface area (Å²) in [5.41, 5.74) is 1.23. The molecule has 1 saturated heterocycles. The molecule has 1 aliphatic rings. The number of methoxy groups -OCH3 is 2. The van der Waals surface area contributed by atoms with Crippen LogP contribution in [-0.4, -0.2) is 25.7 Å². The third kappa shape index (κ3) is 3.88. The van der Waals surface area contributed by atoms with Gasteiger partial charge in [-0.15, -0.1) is 11.3 Å². The van der Waals surface area contributed by atoms with E-state index in [2.05, 4.69) is 28.5 Å². The summed E-state index contributed by atoms with van der Waals surface area (Å²) in [5.74, 6) is 1.76. The van der Waals surface area contributed by atoms with Gasteiger partial charge in [-0.1, -0.05) is 25.0 Å². The van der Waals surface area contributed by atoms with Crippen molar-refractivity contribution in [3.8, 4) is 11.5 Å². The van der Waals surface area contributed by atoms with Crippen LogP contribution in [0.15, 0.2) is 35.7 Å². The highest BCUT2D eigenvalue weighted by molar-refractivity contribution is 7.10. The van der Waals surface area contributed by atoms with Gasteiger partial charge in [0.15, 0.2) is 0 Å². The topological polar surface area (TPSA) is 21.7 Å². The summed E-state index contributed by atoms with van der Waals surface area (Å²) in [7, 11) is 3.42. The molecule has 0 radical (unpaired) electrons. The number of hydrogen-bond donors (Lipinski definition) is 0. The number of hydrogen-bond acceptors (Lipinski definition) is 4. The van der Waals surface area contributed by atoms with Gasteiger partial charge in [-0.2, -0.15) is 0 Å². The van der Waals surface area contributed by atoms with Gasteiger partial charge in [0.1, 0.15) is 11.5 Å². The number of benzene rings is 1. The van der Waals surface area contributed by atoms with Crippen LogP contribution in [0.3, 0.4) is 0 Å². The van der Waals surface area contributed by atoms with Crippen molar-refractivity contribution in [1.82, 2.24) is 4.90 Å². The van der Waals surface area contributed by atoms with Crippen LogP contribution < -0.4 is 9.47 Å². The molecule has 2 heterocycles. The standard InChI is InChI=1S/C19H25NO2S/c1-21-16-10-9-15(18(13-16)22-2)14-20-11-5-3-4-7-17(20)19-8-6-12-23-19/h6,8-10,12-13,17H,3-5,7,11,14H2,1-2H3. The zero-order valence-corrected chi connectivity index (χ0v) is 14.8. The zero-order valence-electron chi connectivity index (χ0n) is 14.0. The Morgan fingerprint density at radius 3 is 2.78 bits per heavy atom. The van der Waals surface area contributed by atoms with Gasteiger partial charge in [-0.05, 0) is 36.9 Å². The molecule has 3 nitrogen and oxygen atoms in total. The zero-order chi connectivity index (χ0) is 16.1. The molecule has 1 fully saturated rings. The van der Waals surface area contributed by atoms with Crippen LogP contribution in [0.1, 0.15) is 42.2 Å². The van der Waals surface area contributed by atoms with Gasteiger partial charge in [0, 0.05) is 29.1 Å². The monoisotopic (exact) mass is 331 g/mol. The Morgan fingerprint density at radius 1 is 1.13 bits per heavy atom. The predicted molar refractivity (Wildman–Crippen MR) is 95.5 cm³/mol. The fourth-order valence-electron chi connectivity index (χ4n) is 3.36. The summed E-state index contributed by atoms with van der Waals surface area (Å²) >= 11 is 1.88. The largest absolute Gasteiger partial charge is 0.497 e. The average molecular weight is 331 g/mol. The van der Waals surface area contributed by atoms with Crippen LogP contribution in [0, 0.1) is 0 Å². The predicted octanol–water partition coefficient (Wildman–Crippen LogP) is 4.88. The molecule has 1 aromatic carbocycles. The van der Waals surface area contributed by atoms with E-state index in [9.17, 15) is 0 Å². The van der Waals surface area contributed by atoms with E-state index < -0.39 is 0 Å². The molecule has 124 valence electrons. The van der Waals surface area contributed by atoms with Crippen LogP contribution in [0.5, 0.6) is 11.5 Å². The second kappa shape index (κ2) is 7.84. The van der Waals surface area contributed by atoms with E-state index in [1.54, 1.807) is 14.2 Å². The second-order valence-electron chi connectivity index (χ2n) is 6.03. The molecule has 23 heavy (non-hydrogen) atoms.